The van der Waals surface area contributed by atoms with Crippen molar-refractivity contribution < 1.29 is 33.5 Å². The number of urea groups is 1. The van der Waals surface area contributed by atoms with Crippen LogP contribution < -0.4 is 10.6 Å². The molecule has 0 radical (unpaired) electrons. The van der Waals surface area contributed by atoms with Crippen LogP contribution in [0.5, 0.6) is 0 Å². The van der Waals surface area contributed by atoms with E-state index in [2.05, 4.69) is 10.6 Å². The van der Waals surface area contributed by atoms with Crippen LogP contribution in [0.15, 0.2) is 42.5 Å². The van der Waals surface area contributed by atoms with Crippen LogP contribution in [0, 0.1) is 0 Å². The van der Waals surface area contributed by atoms with E-state index in [0.717, 1.165) is 0 Å². The van der Waals surface area contributed by atoms with Gasteiger partial charge in [0.25, 0.3) is 11.8 Å². The number of carbonyl (C=O) groups is 6. The van der Waals surface area contributed by atoms with E-state index in [4.69, 9.17) is 4.74 Å². The van der Waals surface area contributed by atoms with Crippen molar-refractivity contribution in [2.75, 3.05) is 18.5 Å². The van der Waals surface area contributed by atoms with Gasteiger partial charge in [0.2, 0.25) is 0 Å². The second-order valence-corrected chi connectivity index (χ2v) is 8.12. The van der Waals surface area contributed by atoms with Gasteiger partial charge in [0.1, 0.15) is 12.1 Å². The van der Waals surface area contributed by atoms with Gasteiger partial charge >= 0.3 is 12.0 Å². The molecule has 0 aromatic heterocycles. The summed E-state index contributed by atoms with van der Waals surface area (Å²) < 4.78 is 4.85. The van der Waals surface area contributed by atoms with Crippen LogP contribution in [0.2, 0.25) is 0 Å². The van der Waals surface area contributed by atoms with Crippen LogP contribution in [0.1, 0.15) is 45.7 Å². The Morgan fingerprint density at radius 1 is 0.939 bits per heavy atom. The number of amides is 4. The fourth-order valence-corrected chi connectivity index (χ4v) is 3.66. The van der Waals surface area contributed by atoms with E-state index in [1.54, 1.807) is 24.3 Å². The van der Waals surface area contributed by atoms with E-state index in [-0.39, 0.29) is 33.9 Å². The zero-order valence-electron chi connectivity index (χ0n) is 17.8. The molecule has 1 aliphatic heterocycles. The number of benzene rings is 2. The van der Waals surface area contributed by atoms with Gasteiger partial charge in [0.15, 0.2) is 18.2 Å². The molecule has 168 valence electrons. The number of nitrogens with zero attached hydrogens (tertiary/aromatic N) is 1. The van der Waals surface area contributed by atoms with Gasteiger partial charge in [-0.15, -0.1) is 0 Å². The lowest BCUT2D eigenvalue weighted by molar-refractivity contribution is -0.150. The van der Waals surface area contributed by atoms with Gasteiger partial charge in [-0.05, 0) is 32.0 Å². The number of fused-ring (bicyclic) bond motifs is 2. The van der Waals surface area contributed by atoms with Crippen LogP contribution in [0.3, 0.4) is 0 Å². The van der Waals surface area contributed by atoms with Crippen molar-refractivity contribution >= 4 is 41.1 Å². The normalized spacial score (nSPS) is 16.1. The van der Waals surface area contributed by atoms with E-state index >= 15 is 0 Å². The Morgan fingerprint density at radius 3 is 2.15 bits per heavy atom. The quantitative estimate of drug-likeness (QED) is 0.442. The third kappa shape index (κ3) is 3.98. The molecular formula is C23H19N3O7. The number of ether oxygens (including phenoxy) is 1. The molecule has 2 N–H and O–H groups in total. The number of hydrogen-bond acceptors (Lipinski definition) is 7. The highest BCUT2D eigenvalue weighted by Gasteiger charge is 2.45. The lowest BCUT2D eigenvalue weighted by Crippen LogP contribution is -2.41. The number of ketones is 2. The minimum atomic E-state index is -1.12. The molecular weight excluding hydrogens is 430 g/mol. The molecule has 1 fully saturated rings. The van der Waals surface area contributed by atoms with Crippen molar-refractivity contribution in [3.05, 3.63) is 64.7 Å². The van der Waals surface area contributed by atoms with E-state index < -0.39 is 42.5 Å². The van der Waals surface area contributed by atoms with Gasteiger partial charge in [-0.2, -0.15) is 0 Å². The van der Waals surface area contributed by atoms with Gasteiger partial charge < -0.3 is 15.4 Å². The number of esters is 1. The summed E-state index contributed by atoms with van der Waals surface area (Å²) in [7, 11) is 0. The Morgan fingerprint density at radius 2 is 1.55 bits per heavy atom. The monoisotopic (exact) mass is 449 g/mol. The Bertz CT molecular complexity index is 1250. The van der Waals surface area contributed by atoms with E-state index in [1.807, 2.05) is 0 Å². The number of imide groups is 1. The summed E-state index contributed by atoms with van der Waals surface area (Å²) in [5.41, 5.74) is 0.129. The maximum Gasteiger partial charge on any atom is 0.326 e. The lowest BCUT2D eigenvalue weighted by atomic mass is 9.84. The highest BCUT2D eigenvalue weighted by atomic mass is 16.5. The Labute approximate surface area is 187 Å². The lowest BCUT2D eigenvalue weighted by Gasteiger charge is -2.18. The molecule has 1 heterocycles. The zero-order chi connectivity index (χ0) is 23.9. The molecule has 1 saturated heterocycles. The SMILES string of the molecule is CC1(C)NC(=O)N(CC(=O)OCC(=O)Nc2ccc3c(c2)C(=O)c2ccccc2C3=O)C1=O. The molecule has 0 spiro atoms. The highest BCUT2D eigenvalue weighted by molar-refractivity contribution is 6.28. The number of nitrogens with one attached hydrogen (secondary N) is 2. The van der Waals surface area contributed by atoms with Crippen LogP contribution >= 0.6 is 0 Å². The van der Waals surface area contributed by atoms with Crippen LogP contribution in [0.4, 0.5) is 10.5 Å². The first-order chi connectivity index (χ1) is 15.6. The van der Waals surface area contributed by atoms with Gasteiger partial charge in [0, 0.05) is 27.9 Å². The summed E-state index contributed by atoms with van der Waals surface area (Å²) in [4.78, 5) is 74.2. The number of hydrogen-bond donors (Lipinski definition) is 2. The predicted octanol–water partition coefficient (Wildman–Crippen LogP) is 1.27. The predicted molar refractivity (Wildman–Crippen MR) is 114 cm³/mol. The van der Waals surface area contributed by atoms with Crippen LogP contribution in [0.25, 0.3) is 0 Å². The Hall–Kier alpha value is -4.34. The standard InChI is InChI=1S/C23H19N3O7/c1-23(2)21(31)26(22(32)25-23)10-18(28)33-11-17(27)24-12-7-8-15-16(9-12)20(30)14-6-4-3-5-13(14)19(15)29/h3-9H,10-11H2,1-2H3,(H,24,27)(H,25,32). The molecule has 2 aliphatic rings. The number of anilines is 1. The molecule has 0 saturated carbocycles. The van der Waals surface area contributed by atoms with Gasteiger partial charge in [-0.3, -0.25) is 28.9 Å². The second-order valence-electron chi connectivity index (χ2n) is 8.12. The Kier molecular flexibility index (Phi) is 5.28. The first kappa shape index (κ1) is 21.9. The fourth-order valence-electron chi connectivity index (χ4n) is 3.66. The number of carbonyl (C=O) groups excluding carboxylic acids is 6. The molecule has 0 bridgehead atoms. The van der Waals surface area contributed by atoms with Crippen molar-refractivity contribution in [3.63, 3.8) is 0 Å². The van der Waals surface area contributed by atoms with E-state index in [1.165, 1.54) is 32.0 Å². The maximum atomic E-state index is 12.8. The summed E-state index contributed by atoms with van der Waals surface area (Å²) in [5, 5.41) is 4.92. The van der Waals surface area contributed by atoms with Crippen molar-refractivity contribution in [3.8, 4) is 0 Å². The molecule has 33 heavy (non-hydrogen) atoms. The molecule has 10 heteroatoms. The van der Waals surface area contributed by atoms with Gasteiger partial charge in [0.05, 0.1) is 0 Å². The molecule has 0 unspecified atom stereocenters. The maximum absolute atomic E-state index is 12.8. The smallest absolute Gasteiger partial charge is 0.326 e. The minimum Gasteiger partial charge on any atom is -0.454 e. The average molecular weight is 449 g/mol. The van der Waals surface area contributed by atoms with Crippen molar-refractivity contribution in [2.24, 2.45) is 0 Å². The molecule has 2 aromatic rings. The third-order valence-electron chi connectivity index (χ3n) is 5.30. The molecule has 2 aromatic carbocycles. The van der Waals surface area contributed by atoms with Crippen LogP contribution in [-0.2, 0) is 19.1 Å². The molecule has 1 aliphatic carbocycles. The summed E-state index contributed by atoms with van der Waals surface area (Å²) in [6, 6.07) is 10.1. The molecule has 4 amide bonds. The largest absolute Gasteiger partial charge is 0.454 e. The number of rotatable bonds is 5. The second kappa shape index (κ2) is 7.97. The van der Waals surface area contributed by atoms with Crippen LogP contribution in [-0.4, -0.2) is 59.0 Å². The summed E-state index contributed by atoms with van der Waals surface area (Å²) in [6.07, 6.45) is 0. The minimum absolute atomic E-state index is 0.162. The van der Waals surface area contributed by atoms with Gasteiger partial charge in [-0.25, -0.2) is 4.79 Å². The third-order valence-corrected chi connectivity index (χ3v) is 5.30. The van der Waals surface area contributed by atoms with Crippen molar-refractivity contribution in [1.29, 1.82) is 0 Å². The highest BCUT2D eigenvalue weighted by Crippen LogP contribution is 2.29. The van der Waals surface area contributed by atoms with Crippen molar-refractivity contribution in [2.45, 2.75) is 19.4 Å². The molecule has 0 atom stereocenters. The molecule has 4 rings (SSSR count). The fraction of sp³-hybridized carbons (Fsp3) is 0.217. The zero-order valence-corrected chi connectivity index (χ0v) is 17.8. The van der Waals surface area contributed by atoms with Gasteiger partial charge in [-0.1, -0.05) is 24.3 Å². The Balaban J connectivity index is 1.37. The summed E-state index contributed by atoms with van der Waals surface area (Å²) in [5.74, 6) is -2.83. The average Bonchev–Trinajstić information content (AvgIpc) is 2.97. The first-order valence-electron chi connectivity index (χ1n) is 10.0. The van der Waals surface area contributed by atoms with E-state index in [9.17, 15) is 28.8 Å². The first-order valence-corrected chi connectivity index (χ1v) is 10.0. The van der Waals surface area contributed by atoms with Crippen molar-refractivity contribution in [1.82, 2.24) is 10.2 Å². The molecule has 10 nitrogen and oxygen atoms in total. The topological polar surface area (TPSA) is 139 Å². The summed E-state index contributed by atoms with van der Waals surface area (Å²) >= 11 is 0. The summed E-state index contributed by atoms with van der Waals surface area (Å²) in [6.45, 7) is 1.71. The van der Waals surface area contributed by atoms with E-state index in [0.29, 0.717) is 10.5 Å².